The highest BCUT2D eigenvalue weighted by atomic mass is 32.1. The van der Waals surface area contributed by atoms with Crippen molar-refractivity contribution in [3.63, 3.8) is 0 Å². The fourth-order valence-corrected chi connectivity index (χ4v) is 2.27. The number of thiazole rings is 1. The minimum absolute atomic E-state index is 0.0660. The molecule has 0 atom stereocenters. The third-order valence-electron chi connectivity index (χ3n) is 2.58. The van der Waals surface area contributed by atoms with Crippen LogP contribution in [0.4, 0.5) is 0 Å². The predicted octanol–water partition coefficient (Wildman–Crippen LogP) is 1.10. The maximum Gasteiger partial charge on any atom is 0.107 e. The van der Waals surface area contributed by atoms with Crippen LogP contribution in [0.3, 0.4) is 0 Å². The van der Waals surface area contributed by atoms with Crippen molar-refractivity contribution in [1.82, 2.24) is 9.88 Å². The molecule has 0 bridgehead atoms. The van der Waals surface area contributed by atoms with Crippen molar-refractivity contribution in [3.05, 3.63) is 16.6 Å². The largest absolute Gasteiger partial charge is 0.393 e. The van der Waals surface area contributed by atoms with Crippen molar-refractivity contribution in [2.75, 3.05) is 7.05 Å². The lowest BCUT2D eigenvalue weighted by molar-refractivity contribution is 0.00924. The van der Waals surface area contributed by atoms with Crippen molar-refractivity contribution in [3.8, 4) is 0 Å². The number of aliphatic hydroxyl groups excluding tert-OH is 1. The van der Waals surface area contributed by atoms with Gasteiger partial charge >= 0.3 is 0 Å². The van der Waals surface area contributed by atoms with E-state index in [9.17, 15) is 0 Å². The number of hydrogen-bond donors (Lipinski definition) is 1. The maximum absolute atomic E-state index is 9.15. The molecule has 1 aromatic heterocycles. The summed E-state index contributed by atoms with van der Waals surface area (Å²) in [7, 11) is 2.10. The van der Waals surface area contributed by atoms with Crippen LogP contribution in [-0.4, -0.2) is 34.2 Å². The van der Waals surface area contributed by atoms with E-state index in [1.807, 2.05) is 11.6 Å². The molecule has 0 saturated heterocycles. The molecule has 1 fully saturated rings. The van der Waals surface area contributed by atoms with Gasteiger partial charge in [0, 0.05) is 17.6 Å². The van der Waals surface area contributed by atoms with Gasteiger partial charge in [0.05, 0.1) is 12.6 Å². The Kier molecular flexibility index (Phi) is 2.62. The average molecular weight is 198 g/mol. The summed E-state index contributed by atoms with van der Waals surface area (Å²) in [5.41, 5.74) is 0. The van der Waals surface area contributed by atoms with E-state index in [0.29, 0.717) is 6.04 Å². The highest BCUT2D eigenvalue weighted by Gasteiger charge is 2.30. The molecule has 1 N–H and O–H groups in total. The van der Waals surface area contributed by atoms with Crippen molar-refractivity contribution in [1.29, 1.82) is 0 Å². The molecule has 1 saturated carbocycles. The molecule has 0 amide bonds. The van der Waals surface area contributed by atoms with Crippen LogP contribution in [-0.2, 0) is 6.54 Å². The summed E-state index contributed by atoms with van der Waals surface area (Å²) >= 11 is 1.69. The molecule has 13 heavy (non-hydrogen) atoms. The SMILES string of the molecule is CN(Cc1nccs1)C1CC(O)C1. The van der Waals surface area contributed by atoms with E-state index in [1.54, 1.807) is 11.3 Å². The van der Waals surface area contributed by atoms with Gasteiger partial charge in [0.1, 0.15) is 5.01 Å². The normalized spacial score (nSPS) is 27.6. The minimum atomic E-state index is -0.0660. The zero-order chi connectivity index (χ0) is 9.26. The molecule has 0 unspecified atom stereocenters. The molecule has 1 aliphatic rings. The van der Waals surface area contributed by atoms with E-state index in [-0.39, 0.29) is 6.10 Å². The van der Waals surface area contributed by atoms with Gasteiger partial charge in [0.25, 0.3) is 0 Å². The molecule has 0 aliphatic heterocycles. The van der Waals surface area contributed by atoms with Gasteiger partial charge in [-0.2, -0.15) is 0 Å². The molecule has 72 valence electrons. The molecule has 1 heterocycles. The van der Waals surface area contributed by atoms with Crippen molar-refractivity contribution in [2.24, 2.45) is 0 Å². The van der Waals surface area contributed by atoms with Gasteiger partial charge < -0.3 is 5.11 Å². The van der Waals surface area contributed by atoms with Crippen LogP contribution in [0.25, 0.3) is 0 Å². The van der Waals surface area contributed by atoms with Gasteiger partial charge in [-0.1, -0.05) is 0 Å². The lowest BCUT2D eigenvalue weighted by Gasteiger charge is -2.38. The molecule has 3 nitrogen and oxygen atoms in total. The molecular formula is C9H14N2OS. The van der Waals surface area contributed by atoms with Crippen LogP contribution in [0.5, 0.6) is 0 Å². The Morgan fingerprint density at radius 3 is 3.00 bits per heavy atom. The van der Waals surface area contributed by atoms with Gasteiger partial charge in [-0.25, -0.2) is 4.98 Å². The van der Waals surface area contributed by atoms with E-state index in [4.69, 9.17) is 5.11 Å². The summed E-state index contributed by atoms with van der Waals surface area (Å²) in [6.07, 6.45) is 3.61. The van der Waals surface area contributed by atoms with E-state index >= 15 is 0 Å². The number of rotatable bonds is 3. The van der Waals surface area contributed by atoms with Gasteiger partial charge in [0.15, 0.2) is 0 Å². The molecule has 1 aromatic rings. The fraction of sp³-hybridized carbons (Fsp3) is 0.667. The van der Waals surface area contributed by atoms with Crippen molar-refractivity contribution >= 4 is 11.3 Å². The van der Waals surface area contributed by atoms with E-state index in [1.165, 1.54) is 0 Å². The van der Waals surface area contributed by atoms with E-state index in [2.05, 4.69) is 16.9 Å². The molecule has 0 spiro atoms. The second-order valence-electron chi connectivity index (χ2n) is 3.62. The summed E-state index contributed by atoms with van der Waals surface area (Å²) in [4.78, 5) is 6.50. The number of aliphatic hydroxyl groups is 1. The summed E-state index contributed by atoms with van der Waals surface area (Å²) < 4.78 is 0. The first-order chi connectivity index (χ1) is 6.25. The summed E-state index contributed by atoms with van der Waals surface area (Å²) in [6, 6.07) is 0.555. The quantitative estimate of drug-likeness (QED) is 0.790. The highest BCUT2D eigenvalue weighted by Crippen LogP contribution is 2.25. The Morgan fingerprint density at radius 2 is 2.46 bits per heavy atom. The van der Waals surface area contributed by atoms with Crippen LogP contribution in [0.15, 0.2) is 11.6 Å². The predicted molar refractivity (Wildman–Crippen MR) is 52.6 cm³/mol. The van der Waals surface area contributed by atoms with E-state index < -0.39 is 0 Å². The second-order valence-corrected chi connectivity index (χ2v) is 4.60. The first-order valence-corrected chi connectivity index (χ1v) is 5.40. The zero-order valence-electron chi connectivity index (χ0n) is 7.68. The Labute approximate surface area is 82.0 Å². The zero-order valence-corrected chi connectivity index (χ0v) is 8.50. The third kappa shape index (κ3) is 2.07. The van der Waals surface area contributed by atoms with Gasteiger partial charge in [-0.05, 0) is 19.9 Å². The number of nitrogens with zero attached hydrogens (tertiary/aromatic N) is 2. The lowest BCUT2D eigenvalue weighted by Crippen LogP contribution is -2.44. The van der Waals surface area contributed by atoms with Crippen molar-refractivity contribution in [2.45, 2.75) is 31.5 Å². The molecule has 2 rings (SSSR count). The highest BCUT2D eigenvalue weighted by molar-refractivity contribution is 7.09. The molecular weight excluding hydrogens is 184 g/mol. The first kappa shape index (κ1) is 9.12. The van der Waals surface area contributed by atoms with E-state index in [0.717, 1.165) is 24.4 Å². The van der Waals surface area contributed by atoms with Crippen LogP contribution in [0.2, 0.25) is 0 Å². The average Bonchev–Trinajstić information content (AvgIpc) is 2.51. The fourth-order valence-electron chi connectivity index (χ4n) is 1.59. The monoisotopic (exact) mass is 198 g/mol. The first-order valence-electron chi connectivity index (χ1n) is 4.52. The van der Waals surface area contributed by atoms with Crippen LogP contribution < -0.4 is 0 Å². The second kappa shape index (κ2) is 3.74. The maximum atomic E-state index is 9.15. The smallest absolute Gasteiger partial charge is 0.107 e. The van der Waals surface area contributed by atoms with Gasteiger partial charge in [-0.15, -0.1) is 11.3 Å². The Bertz CT molecular complexity index is 257. The minimum Gasteiger partial charge on any atom is -0.393 e. The van der Waals surface area contributed by atoms with Crippen LogP contribution >= 0.6 is 11.3 Å². The Morgan fingerprint density at radius 1 is 1.69 bits per heavy atom. The lowest BCUT2D eigenvalue weighted by atomic mass is 9.88. The summed E-state index contributed by atoms with van der Waals surface area (Å²) in [6.45, 7) is 0.912. The van der Waals surface area contributed by atoms with Gasteiger partial charge in [0.2, 0.25) is 0 Å². The summed E-state index contributed by atoms with van der Waals surface area (Å²) in [5, 5.41) is 12.3. The Hall–Kier alpha value is -0.450. The van der Waals surface area contributed by atoms with Crippen LogP contribution in [0, 0.1) is 0 Å². The van der Waals surface area contributed by atoms with Crippen molar-refractivity contribution < 1.29 is 5.11 Å². The Balaban J connectivity index is 1.82. The van der Waals surface area contributed by atoms with Crippen LogP contribution in [0.1, 0.15) is 17.8 Å². The molecule has 0 radical (unpaired) electrons. The molecule has 4 heteroatoms. The van der Waals surface area contributed by atoms with Gasteiger partial charge in [-0.3, -0.25) is 4.90 Å². The number of aromatic nitrogens is 1. The summed E-state index contributed by atoms with van der Waals surface area (Å²) in [5.74, 6) is 0. The number of hydrogen-bond acceptors (Lipinski definition) is 4. The molecule has 1 aliphatic carbocycles. The standard InChI is InChI=1S/C9H14N2OS/c1-11(7-4-8(12)5-7)6-9-10-2-3-13-9/h2-3,7-8,12H,4-6H2,1H3. The molecule has 0 aromatic carbocycles. The third-order valence-corrected chi connectivity index (χ3v) is 3.34. The topological polar surface area (TPSA) is 36.4 Å².